The van der Waals surface area contributed by atoms with Gasteiger partial charge in [0.15, 0.2) is 0 Å². The molecule has 0 fully saturated rings. The Labute approximate surface area is 148 Å². The summed E-state index contributed by atoms with van der Waals surface area (Å²) in [5, 5.41) is -0.142. The fourth-order valence-electron chi connectivity index (χ4n) is 1.40. The Balaban J connectivity index is 2.46. The summed E-state index contributed by atoms with van der Waals surface area (Å²) in [7, 11) is 0. The molecule has 17 heavy (non-hydrogen) atoms. The van der Waals surface area contributed by atoms with Crippen molar-refractivity contribution in [1.82, 2.24) is 0 Å². The van der Waals surface area contributed by atoms with Crippen molar-refractivity contribution in [3.63, 3.8) is 0 Å². The van der Waals surface area contributed by atoms with Crippen LogP contribution in [0.25, 0.3) is 0 Å². The smallest absolute Gasteiger partial charge is 0.0865 e. The molecule has 2 aromatic rings. The van der Waals surface area contributed by atoms with E-state index in [1.807, 2.05) is 6.07 Å². The largest absolute Gasteiger partial charge is 0.121 e. The lowest BCUT2D eigenvalue weighted by atomic mass is 10.1. The molecular formula is C11H5Br3ClIS. The van der Waals surface area contributed by atoms with Crippen molar-refractivity contribution < 1.29 is 0 Å². The minimum atomic E-state index is -0.142. The van der Waals surface area contributed by atoms with E-state index in [2.05, 4.69) is 88.6 Å². The number of alkyl halides is 1. The maximum Gasteiger partial charge on any atom is 0.0865 e. The Morgan fingerprint density at radius 2 is 1.82 bits per heavy atom. The Bertz CT molecular complexity index is 556. The summed E-state index contributed by atoms with van der Waals surface area (Å²) < 4.78 is 4.36. The summed E-state index contributed by atoms with van der Waals surface area (Å²) in [5.74, 6) is 0. The van der Waals surface area contributed by atoms with E-state index < -0.39 is 0 Å². The van der Waals surface area contributed by atoms with Crippen molar-refractivity contribution in [2.45, 2.75) is 5.38 Å². The van der Waals surface area contributed by atoms with Crippen LogP contribution in [0.5, 0.6) is 0 Å². The van der Waals surface area contributed by atoms with Crippen LogP contribution in [0.2, 0.25) is 0 Å². The van der Waals surface area contributed by atoms with Crippen molar-refractivity contribution >= 4 is 93.3 Å². The first-order valence-electron chi connectivity index (χ1n) is 4.53. The summed E-state index contributed by atoms with van der Waals surface area (Å²) in [6, 6.07) is 8.21. The summed E-state index contributed by atoms with van der Waals surface area (Å²) in [6.07, 6.45) is 0. The van der Waals surface area contributed by atoms with Gasteiger partial charge < -0.3 is 0 Å². The number of halogens is 5. The maximum absolute atomic E-state index is 6.56. The third kappa shape index (κ3) is 3.48. The van der Waals surface area contributed by atoms with Crippen molar-refractivity contribution in [2.75, 3.05) is 0 Å². The molecular weight excluding hydrogens is 566 g/mol. The zero-order valence-corrected chi connectivity index (χ0v) is 16.7. The number of thiophene rings is 1. The Hall–Kier alpha value is 1.38. The second-order valence-corrected chi connectivity index (χ2v) is 9.57. The predicted octanol–water partition coefficient (Wildman–Crippen LogP) is 6.97. The molecule has 0 radical (unpaired) electrons. The molecule has 2 rings (SSSR count). The van der Waals surface area contributed by atoms with Gasteiger partial charge in [-0.3, -0.25) is 0 Å². The molecule has 0 nitrogen and oxygen atoms in total. The lowest BCUT2D eigenvalue weighted by molar-refractivity contribution is 1.13. The van der Waals surface area contributed by atoms with Gasteiger partial charge in [0.1, 0.15) is 0 Å². The van der Waals surface area contributed by atoms with E-state index in [0.717, 1.165) is 23.2 Å². The van der Waals surface area contributed by atoms with E-state index in [0.29, 0.717) is 0 Å². The van der Waals surface area contributed by atoms with Gasteiger partial charge in [-0.1, -0.05) is 15.9 Å². The van der Waals surface area contributed by atoms with Gasteiger partial charge in [0, 0.05) is 13.6 Å². The SMILES string of the molecule is ClC(c1cc(Br)ccc1I)c1cc(Br)sc1Br. The third-order valence-corrected chi connectivity index (χ3v) is 6.52. The zero-order valence-electron chi connectivity index (χ0n) is 8.18. The second-order valence-electron chi connectivity index (χ2n) is 3.31. The lowest BCUT2D eigenvalue weighted by Gasteiger charge is -2.12. The highest BCUT2D eigenvalue weighted by molar-refractivity contribution is 14.1. The Kier molecular flexibility index (Phi) is 5.41. The molecule has 90 valence electrons. The molecule has 0 saturated carbocycles. The molecule has 6 heteroatoms. The van der Waals surface area contributed by atoms with Crippen LogP contribution in [-0.2, 0) is 0 Å². The molecule has 0 amide bonds. The van der Waals surface area contributed by atoms with E-state index in [4.69, 9.17) is 11.6 Å². The predicted molar refractivity (Wildman–Crippen MR) is 94.3 cm³/mol. The molecule has 1 unspecified atom stereocenters. The standard InChI is InChI=1S/C11H5Br3ClIS/c12-5-1-2-8(16)6(3-5)10(15)7-4-9(13)17-11(7)14/h1-4,10H. The molecule has 1 aromatic carbocycles. The van der Waals surface area contributed by atoms with Crippen LogP contribution >= 0.6 is 93.3 Å². The van der Waals surface area contributed by atoms with Gasteiger partial charge in [-0.25, -0.2) is 0 Å². The number of hydrogen-bond donors (Lipinski definition) is 0. The van der Waals surface area contributed by atoms with Crippen molar-refractivity contribution in [3.8, 4) is 0 Å². The molecule has 0 N–H and O–H groups in total. The van der Waals surface area contributed by atoms with Gasteiger partial charge in [-0.2, -0.15) is 0 Å². The number of benzene rings is 1. The molecule has 0 spiro atoms. The quantitative estimate of drug-likeness (QED) is 0.270. The van der Waals surface area contributed by atoms with E-state index in [1.54, 1.807) is 11.3 Å². The third-order valence-electron chi connectivity index (χ3n) is 2.19. The first kappa shape index (κ1) is 14.8. The summed E-state index contributed by atoms with van der Waals surface area (Å²) in [4.78, 5) is 0. The Morgan fingerprint density at radius 3 is 2.41 bits per heavy atom. The van der Waals surface area contributed by atoms with Crippen LogP contribution in [0.3, 0.4) is 0 Å². The number of rotatable bonds is 2. The second kappa shape index (κ2) is 6.22. The van der Waals surface area contributed by atoms with Gasteiger partial charge in [-0.15, -0.1) is 22.9 Å². The minimum Gasteiger partial charge on any atom is -0.121 e. The van der Waals surface area contributed by atoms with Crippen molar-refractivity contribution in [3.05, 3.63) is 51.0 Å². The number of hydrogen-bond acceptors (Lipinski definition) is 1. The highest BCUT2D eigenvalue weighted by atomic mass is 127. The van der Waals surface area contributed by atoms with E-state index in [1.165, 1.54) is 3.57 Å². The van der Waals surface area contributed by atoms with Gasteiger partial charge in [-0.05, 0) is 84.3 Å². The molecule has 1 heterocycles. The van der Waals surface area contributed by atoms with Crippen LogP contribution in [-0.4, -0.2) is 0 Å². The summed E-state index contributed by atoms with van der Waals surface area (Å²) in [5.41, 5.74) is 2.21. The van der Waals surface area contributed by atoms with Gasteiger partial charge in [0.2, 0.25) is 0 Å². The first-order chi connectivity index (χ1) is 7.99. The molecule has 0 aliphatic carbocycles. The normalized spacial score (nSPS) is 12.8. The minimum absolute atomic E-state index is 0.142. The van der Waals surface area contributed by atoms with E-state index in [9.17, 15) is 0 Å². The van der Waals surface area contributed by atoms with Crippen LogP contribution in [0, 0.1) is 3.57 Å². The van der Waals surface area contributed by atoms with Gasteiger partial charge in [0.05, 0.1) is 12.9 Å². The van der Waals surface area contributed by atoms with E-state index in [-0.39, 0.29) is 5.38 Å². The van der Waals surface area contributed by atoms with Gasteiger partial charge >= 0.3 is 0 Å². The average molecular weight is 571 g/mol. The first-order valence-corrected chi connectivity index (χ1v) is 9.24. The summed E-state index contributed by atoms with van der Waals surface area (Å²) in [6.45, 7) is 0. The fraction of sp³-hybridized carbons (Fsp3) is 0.0909. The molecule has 1 atom stereocenters. The topological polar surface area (TPSA) is 0 Å². The van der Waals surface area contributed by atoms with Crippen LogP contribution in [0.1, 0.15) is 16.5 Å². The molecule has 0 aliphatic rings. The van der Waals surface area contributed by atoms with Crippen LogP contribution < -0.4 is 0 Å². The molecule has 0 saturated heterocycles. The van der Waals surface area contributed by atoms with Crippen molar-refractivity contribution in [1.29, 1.82) is 0 Å². The highest BCUT2D eigenvalue weighted by Gasteiger charge is 2.19. The van der Waals surface area contributed by atoms with Crippen molar-refractivity contribution in [2.24, 2.45) is 0 Å². The highest BCUT2D eigenvalue weighted by Crippen LogP contribution is 2.42. The van der Waals surface area contributed by atoms with Crippen LogP contribution in [0.15, 0.2) is 36.3 Å². The lowest BCUT2D eigenvalue weighted by Crippen LogP contribution is -1.95. The molecule has 0 aliphatic heterocycles. The fourth-order valence-corrected chi connectivity index (χ4v) is 6.06. The average Bonchev–Trinajstić information content (AvgIpc) is 2.60. The zero-order chi connectivity index (χ0) is 12.6. The van der Waals surface area contributed by atoms with E-state index >= 15 is 0 Å². The molecule has 0 bridgehead atoms. The maximum atomic E-state index is 6.56. The molecule has 1 aromatic heterocycles. The van der Waals surface area contributed by atoms with Gasteiger partial charge in [0.25, 0.3) is 0 Å². The Morgan fingerprint density at radius 1 is 1.12 bits per heavy atom. The van der Waals surface area contributed by atoms with Crippen LogP contribution in [0.4, 0.5) is 0 Å². The summed E-state index contributed by atoms with van der Waals surface area (Å²) >= 11 is 21.0. The monoisotopic (exact) mass is 568 g/mol.